The third-order valence-corrected chi connectivity index (χ3v) is 4.77. The van der Waals surface area contributed by atoms with E-state index in [1.807, 2.05) is 6.92 Å². The van der Waals surface area contributed by atoms with Crippen molar-refractivity contribution in [2.75, 3.05) is 18.9 Å². The molecule has 0 aliphatic carbocycles. The summed E-state index contributed by atoms with van der Waals surface area (Å²) in [4.78, 5) is 4.42. The normalized spacial score (nSPS) is 14.8. The number of aliphatic hydroxyl groups is 1. The third kappa shape index (κ3) is 5.38. The molecule has 1 rings (SSSR count). The van der Waals surface area contributed by atoms with Gasteiger partial charge < -0.3 is 10.4 Å². The Morgan fingerprint density at radius 2 is 2.35 bits per heavy atom. The van der Waals surface area contributed by atoms with Crippen LogP contribution in [-0.2, 0) is 0 Å². The quantitative estimate of drug-likeness (QED) is 0.716. The maximum absolute atomic E-state index is 9.43. The molecular formula is C12H22N2OS2. The summed E-state index contributed by atoms with van der Waals surface area (Å²) < 4.78 is 1.12. The Balaban J connectivity index is 2.32. The van der Waals surface area contributed by atoms with Gasteiger partial charge in [-0.1, -0.05) is 18.7 Å². The molecule has 17 heavy (non-hydrogen) atoms. The molecule has 98 valence electrons. The van der Waals surface area contributed by atoms with Gasteiger partial charge >= 0.3 is 0 Å². The lowest BCUT2D eigenvalue weighted by Gasteiger charge is -2.28. The van der Waals surface area contributed by atoms with Crippen molar-refractivity contribution in [2.45, 2.75) is 43.5 Å². The van der Waals surface area contributed by atoms with Crippen LogP contribution in [0.1, 0.15) is 32.4 Å². The summed E-state index contributed by atoms with van der Waals surface area (Å²) in [5.41, 5.74) is 0.932. The number of thiazole rings is 1. The Hall–Kier alpha value is -0.100. The van der Waals surface area contributed by atoms with Gasteiger partial charge in [-0.2, -0.15) is 0 Å². The van der Waals surface area contributed by atoms with Crippen molar-refractivity contribution in [2.24, 2.45) is 0 Å². The van der Waals surface area contributed by atoms with Gasteiger partial charge in [-0.3, -0.25) is 0 Å². The first-order chi connectivity index (χ1) is 8.09. The smallest absolute Gasteiger partial charge is 0.150 e. The van der Waals surface area contributed by atoms with Crippen molar-refractivity contribution in [3.8, 4) is 0 Å². The minimum Gasteiger partial charge on any atom is -0.394 e. The summed E-state index contributed by atoms with van der Waals surface area (Å²) in [6.45, 7) is 7.37. The van der Waals surface area contributed by atoms with Gasteiger partial charge in [0, 0.05) is 22.4 Å². The number of aryl methyl sites for hydroxylation is 1. The Bertz CT molecular complexity index is 330. The lowest BCUT2D eigenvalue weighted by Crippen LogP contribution is -2.46. The van der Waals surface area contributed by atoms with Gasteiger partial charge in [0.2, 0.25) is 0 Å². The molecule has 0 bridgehead atoms. The van der Waals surface area contributed by atoms with Crippen molar-refractivity contribution >= 4 is 23.1 Å². The summed E-state index contributed by atoms with van der Waals surface area (Å²) in [6.07, 6.45) is 2.04. The van der Waals surface area contributed by atoms with Crippen molar-refractivity contribution in [3.05, 3.63) is 11.1 Å². The zero-order chi connectivity index (χ0) is 12.7. The van der Waals surface area contributed by atoms with Gasteiger partial charge in [0.05, 0.1) is 6.61 Å². The van der Waals surface area contributed by atoms with E-state index in [4.69, 9.17) is 0 Å². The Morgan fingerprint density at radius 1 is 1.59 bits per heavy atom. The van der Waals surface area contributed by atoms with Gasteiger partial charge in [0.1, 0.15) is 4.34 Å². The van der Waals surface area contributed by atoms with E-state index in [-0.39, 0.29) is 12.1 Å². The van der Waals surface area contributed by atoms with Crippen LogP contribution in [-0.4, -0.2) is 34.5 Å². The molecule has 0 spiro atoms. The van der Waals surface area contributed by atoms with Gasteiger partial charge in [0.25, 0.3) is 0 Å². The average molecular weight is 274 g/mol. The number of nitrogens with zero attached hydrogens (tertiary/aromatic N) is 1. The summed E-state index contributed by atoms with van der Waals surface area (Å²) in [5.74, 6) is 0.987. The number of hydrogen-bond acceptors (Lipinski definition) is 5. The highest BCUT2D eigenvalue weighted by Gasteiger charge is 2.21. The summed E-state index contributed by atoms with van der Waals surface area (Å²) in [6, 6.07) is 0. The lowest BCUT2D eigenvalue weighted by molar-refractivity contribution is 0.171. The monoisotopic (exact) mass is 274 g/mol. The number of aromatic nitrogens is 1. The zero-order valence-electron chi connectivity index (χ0n) is 10.8. The Morgan fingerprint density at radius 3 is 2.88 bits per heavy atom. The molecule has 1 aromatic rings. The average Bonchev–Trinajstić information content (AvgIpc) is 2.72. The van der Waals surface area contributed by atoms with Gasteiger partial charge in [-0.25, -0.2) is 4.98 Å². The molecular weight excluding hydrogens is 252 g/mol. The predicted octanol–water partition coefficient (Wildman–Crippen LogP) is 2.68. The number of rotatable bonds is 8. The molecule has 1 heterocycles. The second-order valence-corrected chi connectivity index (χ2v) is 6.70. The first-order valence-corrected chi connectivity index (χ1v) is 7.87. The minimum absolute atomic E-state index is 0.157. The molecule has 0 amide bonds. The second kappa shape index (κ2) is 7.36. The molecule has 0 aliphatic heterocycles. The molecule has 0 saturated heterocycles. The standard InChI is InChI=1S/C12H22N2OS2/c1-4-6-13-12(3,9-15)5-7-16-11-14-10(2)8-17-11/h8,13,15H,4-7,9H2,1-3H3. The molecule has 5 heteroatoms. The largest absolute Gasteiger partial charge is 0.394 e. The Kier molecular flexibility index (Phi) is 6.48. The lowest BCUT2D eigenvalue weighted by atomic mass is 10.0. The molecule has 1 unspecified atom stereocenters. The highest BCUT2D eigenvalue weighted by molar-refractivity contribution is 8.01. The van der Waals surface area contributed by atoms with E-state index >= 15 is 0 Å². The molecule has 0 fully saturated rings. The topological polar surface area (TPSA) is 45.1 Å². The number of aliphatic hydroxyl groups excluding tert-OH is 1. The van der Waals surface area contributed by atoms with Crippen molar-refractivity contribution in [1.29, 1.82) is 0 Å². The SMILES string of the molecule is CCCNC(C)(CO)CCSc1nc(C)cs1. The summed E-state index contributed by atoms with van der Waals surface area (Å²) >= 11 is 3.47. The van der Waals surface area contributed by atoms with Crippen molar-refractivity contribution < 1.29 is 5.11 Å². The fourth-order valence-electron chi connectivity index (χ4n) is 1.41. The van der Waals surface area contributed by atoms with Gasteiger partial charge in [0.15, 0.2) is 0 Å². The van der Waals surface area contributed by atoms with E-state index in [1.165, 1.54) is 0 Å². The van der Waals surface area contributed by atoms with Crippen molar-refractivity contribution in [1.82, 2.24) is 10.3 Å². The van der Waals surface area contributed by atoms with Crippen LogP contribution in [0, 0.1) is 6.92 Å². The first-order valence-electron chi connectivity index (χ1n) is 6.00. The predicted molar refractivity (Wildman–Crippen MR) is 76.0 cm³/mol. The highest BCUT2D eigenvalue weighted by Crippen LogP contribution is 2.25. The number of thioether (sulfide) groups is 1. The summed E-state index contributed by atoms with van der Waals surface area (Å²) in [7, 11) is 0. The van der Waals surface area contributed by atoms with Crippen molar-refractivity contribution in [3.63, 3.8) is 0 Å². The van der Waals surface area contributed by atoms with E-state index in [1.54, 1.807) is 23.1 Å². The molecule has 3 nitrogen and oxygen atoms in total. The molecule has 1 aromatic heterocycles. The van der Waals surface area contributed by atoms with Crippen LogP contribution in [0.15, 0.2) is 9.72 Å². The van der Waals surface area contributed by atoms with Crippen LogP contribution in [0.25, 0.3) is 0 Å². The van der Waals surface area contributed by atoms with Crippen LogP contribution in [0.4, 0.5) is 0 Å². The Labute approximate surface area is 112 Å². The second-order valence-electron chi connectivity index (χ2n) is 4.50. The number of nitrogens with one attached hydrogen (secondary N) is 1. The van der Waals surface area contributed by atoms with Gasteiger partial charge in [-0.05, 0) is 33.2 Å². The summed E-state index contributed by atoms with van der Waals surface area (Å²) in [5, 5.41) is 14.9. The maximum atomic E-state index is 9.43. The fourth-order valence-corrected chi connectivity index (χ4v) is 3.54. The molecule has 0 saturated carbocycles. The van der Waals surface area contributed by atoms with E-state index in [0.29, 0.717) is 0 Å². The van der Waals surface area contributed by atoms with Gasteiger partial charge in [-0.15, -0.1) is 11.3 Å². The van der Waals surface area contributed by atoms with E-state index in [9.17, 15) is 5.11 Å². The van der Waals surface area contributed by atoms with Crippen LogP contribution < -0.4 is 5.32 Å². The minimum atomic E-state index is -0.157. The molecule has 0 radical (unpaired) electrons. The maximum Gasteiger partial charge on any atom is 0.150 e. The molecule has 2 N–H and O–H groups in total. The fraction of sp³-hybridized carbons (Fsp3) is 0.750. The van der Waals surface area contributed by atoms with E-state index < -0.39 is 0 Å². The number of hydrogen-bond donors (Lipinski definition) is 2. The van der Waals surface area contributed by atoms with E-state index in [2.05, 4.69) is 29.5 Å². The highest BCUT2D eigenvalue weighted by atomic mass is 32.2. The zero-order valence-corrected chi connectivity index (χ0v) is 12.5. The van der Waals surface area contributed by atoms with Crippen LogP contribution in [0.2, 0.25) is 0 Å². The van der Waals surface area contributed by atoms with E-state index in [0.717, 1.165) is 35.2 Å². The molecule has 0 aromatic carbocycles. The third-order valence-electron chi connectivity index (χ3n) is 2.63. The molecule has 1 atom stereocenters. The van der Waals surface area contributed by atoms with Crippen LogP contribution in [0.3, 0.4) is 0 Å². The molecule has 0 aliphatic rings. The van der Waals surface area contributed by atoms with Crippen LogP contribution >= 0.6 is 23.1 Å². The first kappa shape index (κ1) is 15.0. The van der Waals surface area contributed by atoms with Crippen LogP contribution in [0.5, 0.6) is 0 Å².